The van der Waals surface area contributed by atoms with Crippen LogP contribution in [0.5, 0.6) is 0 Å². The highest BCUT2D eigenvalue weighted by atomic mass is 14.6. The molecule has 0 aliphatic heterocycles. The fraction of sp³-hybridized carbons (Fsp3) is 0.824. The lowest BCUT2D eigenvalue weighted by Crippen LogP contribution is -2.52. The van der Waals surface area contributed by atoms with Crippen LogP contribution in [-0.2, 0) is 0 Å². The van der Waals surface area contributed by atoms with Crippen molar-refractivity contribution in [1.29, 1.82) is 5.26 Å². The van der Waals surface area contributed by atoms with Gasteiger partial charge in [0.2, 0.25) is 0 Å². The van der Waals surface area contributed by atoms with Gasteiger partial charge >= 0.3 is 0 Å². The quantitative estimate of drug-likeness (QED) is 0.667. The van der Waals surface area contributed by atoms with Crippen LogP contribution in [0.15, 0.2) is 12.7 Å². The Labute approximate surface area is 111 Å². The van der Waals surface area contributed by atoms with Crippen LogP contribution in [0.4, 0.5) is 0 Å². The summed E-state index contributed by atoms with van der Waals surface area (Å²) in [4.78, 5) is 0. The molecule has 0 amide bonds. The Morgan fingerprint density at radius 1 is 1.17 bits per heavy atom. The van der Waals surface area contributed by atoms with E-state index in [2.05, 4.69) is 26.5 Å². The van der Waals surface area contributed by atoms with E-state index in [1.165, 1.54) is 38.5 Å². The second-order valence-corrected chi connectivity index (χ2v) is 7.87. The van der Waals surface area contributed by atoms with Crippen molar-refractivity contribution in [2.75, 3.05) is 0 Å². The molecule has 4 aliphatic carbocycles. The minimum Gasteiger partial charge on any atom is -0.198 e. The largest absolute Gasteiger partial charge is 0.198 e. The minimum absolute atomic E-state index is 0.0413. The van der Waals surface area contributed by atoms with Gasteiger partial charge in [-0.1, -0.05) is 19.9 Å². The zero-order valence-electron chi connectivity index (χ0n) is 11.8. The molecule has 0 saturated heterocycles. The molecular weight excluding hydrogens is 218 g/mol. The maximum atomic E-state index is 9.76. The molecule has 0 spiro atoms. The zero-order chi connectivity index (χ0) is 13.0. The molecular formula is C17H25N. The molecule has 0 aromatic heterocycles. The summed E-state index contributed by atoms with van der Waals surface area (Å²) in [6, 6.07) is 2.68. The molecule has 0 heterocycles. The van der Waals surface area contributed by atoms with E-state index in [4.69, 9.17) is 0 Å². The second-order valence-electron chi connectivity index (χ2n) is 7.87. The van der Waals surface area contributed by atoms with E-state index in [0.717, 1.165) is 17.8 Å². The summed E-state index contributed by atoms with van der Waals surface area (Å²) >= 11 is 0. The number of hydrogen-bond acceptors (Lipinski definition) is 1. The molecule has 0 N–H and O–H groups in total. The van der Waals surface area contributed by atoms with Crippen molar-refractivity contribution in [3.05, 3.63) is 12.7 Å². The van der Waals surface area contributed by atoms with Gasteiger partial charge in [0.1, 0.15) is 0 Å². The predicted molar refractivity (Wildman–Crippen MR) is 73.7 cm³/mol. The molecule has 0 aromatic rings. The fourth-order valence-electron chi connectivity index (χ4n) is 5.74. The molecule has 0 radical (unpaired) electrons. The zero-order valence-corrected chi connectivity index (χ0v) is 11.8. The monoisotopic (exact) mass is 243 g/mol. The third-order valence-electron chi connectivity index (χ3n) is 6.10. The van der Waals surface area contributed by atoms with Crippen LogP contribution in [-0.4, -0.2) is 0 Å². The van der Waals surface area contributed by atoms with E-state index in [1.54, 1.807) is 0 Å². The van der Waals surface area contributed by atoms with Crippen molar-refractivity contribution >= 4 is 0 Å². The summed E-state index contributed by atoms with van der Waals surface area (Å²) in [7, 11) is 0. The number of hydrogen-bond donors (Lipinski definition) is 0. The molecule has 98 valence electrons. The molecule has 4 aliphatic rings. The van der Waals surface area contributed by atoms with Gasteiger partial charge in [0.15, 0.2) is 0 Å². The first-order valence-electron chi connectivity index (χ1n) is 7.52. The summed E-state index contributed by atoms with van der Waals surface area (Å²) in [5.74, 6) is 2.93. The van der Waals surface area contributed by atoms with Gasteiger partial charge in [0.25, 0.3) is 0 Å². The van der Waals surface area contributed by atoms with E-state index < -0.39 is 0 Å². The number of rotatable bonds is 3. The van der Waals surface area contributed by atoms with E-state index in [-0.39, 0.29) is 11.3 Å². The number of nitrogens with zero attached hydrogens (tertiary/aromatic N) is 1. The predicted octanol–water partition coefficient (Wildman–Crippen LogP) is 4.55. The highest BCUT2D eigenvalue weighted by molar-refractivity contribution is 5.15. The molecule has 4 saturated carbocycles. The van der Waals surface area contributed by atoms with Gasteiger partial charge in [-0.05, 0) is 67.1 Å². The molecule has 4 fully saturated rings. The van der Waals surface area contributed by atoms with Crippen molar-refractivity contribution in [1.82, 2.24) is 0 Å². The van der Waals surface area contributed by atoms with Crippen LogP contribution in [0, 0.1) is 45.8 Å². The Bertz CT molecular complexity index is 363. The third kappa shape index (κ3) is 1.65. The van der Waals surface area contributed by atoms with Gasteiger partial charge in [-0.25, -0.2) is 0 Å². The smallest absolute Gasteiger partial charge is 0.0670 e. The van der Waals surface area contributed by atoms with Gasteiger partial charge in [0.05, 0.1) is 12.0 Å². The Hall–Kier alpha value is -0.770. The Morgan fingerprint density at radius 3 is 1.94 bits per heavy atom. The Kier molecular flexibility index (Phi) is 2.63. The third-order valence-corrected chi connectivity index (χ3v) is 6.10. The lowest BCUT2D eigenvalue weighted by molar-refractivity contribution is -0.0921. The molecule has 18 heavy (non-hydrogen) atoms. The van der Waals surface area contributed by atoms with E-state index in [9.17, 15) is 5.26 Å². The van der Waals surface area contributed by atoms with Crippen molar-refractivity contribution in [2.45, 2.75) is 52.4 Å². The summed E-state index contributed by atoms with van der Waals surface area (Å²) in [6.07, 6.45) is 10.3. The molecule has 1 heteroatoms. The van der Waals surface area contributed by atoms with E-state index in [1.807, 2.05) is 6.08 Å². The average molecular weight is 243 g/mol. The summed E-state index contributed by atoms with van der Waals surface area (Å²) in [5.41, 5.74) is 0.279. The molecule has 0 aromatic carbocycles. The van der Waals surface area contributed by atoms with Crippen molar-refractivity contribution in [3.8, 4) is 6.07 Å². The lowest BCUT2D eigenvalue weighted by Gasteiger charge is -2.60. The van der Waals surface area contributed by atoms with Crippen molar-refractivity contribution < 1.29 is 0 Å². The molecule has 4 rings (SSSR count). The van der Waals surface area contributed by atoms with Crippen LogP contribution in [0.25, 0.3) is 0 Å². The van der Waals surface area contributed by atoms with Gasteiger partial charge in [0, 0.05) is 0 Å². The molecule has 4 bridgehead atoms. The normalized spacial score (nSPS) is 43.5. The van der Waals surface area contributed by atoms with Crippen LogP contribution >= 0.6 is 0 Å². The van der Waals surface area contributed by atoms with E-state index in [0.29, 0.717) is 5.41 Å². The first-order valence-corrected chi connectivity index (χ1v) is 7.52. The maximum absolute atomic E-state index is 9.76. The molecule has 1 unspecified atom stereocenters. The van der Waals surface area contributed by atoms with E-state index >= 15 is 0 Å². The average Bonchev–Trinajstić information content (AvgIpc) is 2.27. The maximum Gasteiger partial charge on any atom is 0.0670 e. The minimum atomic E-state index is -0.0413. The molecule has 1 nitrogen and oxygen atoms in total. The lowest BCUT2D eigenvalue weighted by atomic mass is 9.44. The summed E-state index contributed by atoms with van der Waals surface area (Å²) < 4.78 is 0. The summed E-state index contributed by atoms with van der Waals surface area (Å²) in [6.45, 7) is 8.38. The summed E-state index contributed by atoms with van der Waals surface area (Å²) in [5, 5.41) is 9.76. The first-order chi connectivity index (χ1) is 8.49. The van der Waals surface area contributed by atoms with Crippen molar-refractivity contribution in [2.24, 2.45) is 34.5 Å². The van der Waals surface area contributed by atoms with Crippen LogP contribution in [0.1, 0.15) is 52.4 Å². The fourth-order valence-corrected chi connectivity index (χ4v) is 5.74. The Morgan fingerprint density at radius 2 is 1.61 bits per heavy atom. The second kappa shape index (κ2) is 3.86. The number of allylic oxidation sites excluding steroid dienone is 1. The first kappa shape index (κ1) is 12.3. The van der Waals surface area contributed by atoms with Crippen LogP contribution in [0.3, 0.4) is 0 Å². The van der Waals surface area contributed by atoms with Gasteiger partial charge in [-0.2, -0.15) is 5.26 Å². The SMILES string of the molecule is C=CC(C)(C)C(C#N)C12CC3CC(CC(C3)C1)C2. The molecule has 1 atom stereocenters. The highest BCUT2D eigenvalue weighted by Gasteiger charge is 2.56. The van der Waals surface area contributed by atoms with Gasteiger partial charge < -0.3 is 0 Å². The van der Waals surface area contributed by atoms with Crippen LogP contribution < -0.4 is 0 Å². The number of nitriles is 1. The highest BCUT2D eigenvalue weighted by Crippen LogP contribution is 2.65. The topological polar surface area (TPSA) is 23.8 Å². The van der Waals surface area contributed by atoms with Crippen LogP contribution in [0.2, 0.25) is 0 Å². The van der Waals surface area contributed by atoms with Crippen molar-refractivity contribution in [3.63, 3.8) is 0 Å². The van der Waals surface area contributed by atoms with Gasteiger partial charge in [-0.15, -0.1) is 6.58 Å². The Balaban J connectivity index is 1.95. The van der Waals surface area contributed by atoms with Gasteiger partial charge in [-0.3, -0.25) is 0 Å². The standard InChI is InChI=1S/C17H25N/c1-4-16(2,3)15(11-18)17-8-12-5-13(9-17)7-14(6-12)10-17/h4,12-15H,1,5-10H2,2-3H3.